The van der Waals surface area contributed by atoms with Crippen LogP contribution in [0.25, 0.3) is 0 Å². The Morgan fingerprint density at radius 3 is 3.24 bits per heavy atom. The maximum Gasteiger partial charge on any atom is 0.188 e. The second-order valence-corrected chi connectivity index (χ2v) is 3.98. The van der Waals surface area contributed by atoms with Crippen molar-refractivity contribution in [1.29, 1.82) is 0 Å². The largest absolute Gasteiger partial charge is 0.375 e. The molecule has 1 atom stereocenters. The minimum absolute atomic E-state index is 0.193. The molecule has 0 radical (unpaired) electrons. The molecule has 2 N–H and O–H groups in total. The third-order valence-corrected chi connectivity index (χ3v) is 2.87. The molecule has 6 nitrogen and oxygen atoms in total. The highest BCUT2D eigenvalue weighted by molar-refractivity contribution is 5.31. The molecule has 17 heavy (non-hydrogen) atoms. The molecule has 1 unspecified atom stereocenters. The molecule has 0 saturated heterocycles. The van der Waals surface area contributed by atoms with Crippen LogP contribution in [-0.4, -0.2) is 27.2 Å². The summed E-state index contributed by atoms with van der Waals surface area (Å²) < 4.78 is 5.55. The van der Waals surface area contributed by atoms with E-state index in [9.17, 15) is 0 Å². The summed E-state index contributed by atoms with van der Waals surface area (Å²) in [4.78, 5) is 0. The highest BCUT2D eigenvalue weighted by atomic mass is 16.5. The lowest BCUT2D eigenvalue weighted by molar-refractivity contribution is 0.0815. The van der Waals surface area contributed by atoms with Gasteiger partial charge in [0, 0.05) is 0 Å². The molecule has 1 aromatic heterocycles. The van der Waals surface area contributed by atoms with Gasteiger partial charge in [0.05, 0.1) is 25.8 Å². The van der Waals surface area contributed by atoms with Gasteiger partial charge in [-0.2, -0.15) is 5.21 Å². The van der Waals surface area contributed by atoms with Crippen LogP contribution in [0.1, 0.15) is 23.0 Å². The Balaban J connectivity index is 1.72. The van der Waals surface area contributed by atoms with E-state index in [0.717, 1.165) is 0 Å². The molecule has 6 heteroatoms. The summed E-state index contributed by atoms with van der Waals surface area (Å²) in [5.41, 5.74) is 2.53. The fraction of sp³-hybridized carbons (Fsp3) is 0.364. The van der Waals surface area contributed by atoms with E-state index in [1.165, 1.54) is 11.1 Å². The van der Waals surface area contributed by atoms with Crippen LogP contribution >= 0.6 is 0 Å². The van der Waals surface area contributed by atoms with E-state index >= 15 is 0 Å². The van der Waals surface area contributed by atoms with E-state index in [0.29, 0.717) is 25.6 Å². The second kappa shape index (κ2) is 4.60. The summed E-state index contributed by atoms with van der Waals surface area (Å²) in [6.07, 6.45) is 0. The van der Waals surface area contributed by atoms with Crippen LogP contribution in [-0.2, 0) is 17.9 Å². The Bertz CT molecular complexity index is 484. The van der Waals surface area contributed by atoms with Gasteiger partial charge < -0.3 is 10.1 Å². The van der Waals surface area contributed by atoms with Crippen LogP contribution in [0.2, 0.25) is 0 Å². The molecule has 2 aromatic rings. The topological polar surface area (TPSA) is 75.7 Å². The molecule has 1 aliphatic rings. The van der Waals surface area contributed by atoms with E-state index in [1.54, 1.807) is 0 Å². The van der Waals surface area contributed by atoms with E-state index in [4.69, 9.17) is 4.74 Å². The van der Waals surface area contributed by atoms with Gasteiger partial charge in [-0.25, -0.2) is 0 Å². The van der Waals surface area contributed by atoms with Crippen molar-refractivity contribution < 1.29 is 4.74 Å². The lowest BCUT2D eigenvalue weighted by Crippen LogP contribution is -2.29. The lowest BCUT2D eigenvalue weighted by Gasteiger charge is -2.26. The number of aromatic amines is 1. The lowest BCUT2D eigenvalue weighted by atomic mass is 9.99. The van der Waals surface area contributed by atoms with Crippen LogP contribution in [0, 0.1) is 0 Å². The molecule has 2 heterocycles. The van der Waals surface area contributed by atoms with Crippen molar-refractivity contribution >= 4 is 0 Å². The van der Waals surface area contributed by atoms with E-state index in [1.807, 2.05) is 12.1 Å². The molecule has 0 aliphatic carbocycles. The second-order valence-electron chi connectivity index (χ2n) is 3.98. The number of hydrogen-bond acceptors (Lipinski definition) is 5. The predicted molar refractivity (Wildman–Crippen MR) is 59.9 cm³/mol. The Morgan fingerprint density at radius 1 is 1.41 bits per heavy atom. The van der Waals surface area contributed by atoms with Gasteiger partial charge in [-0.15, -0.1) is 10.2 Å². The van der Waals surface area contributed by atoms with Gasteiger partial charge in [0.2, 0.25) is 0 Å². The minimum Gasteiger partial charge on any atom is -0.375 e. The van der Waals surface area contributed by atoms with Gasteiger partial charge in [0.25, 0.3) is 0 Å². The van der Waals surface area contributed by atoms with Gasteiger partial charge >= 0.3 is 0 Å². The Morgan fingerprint density at radius 2 is 2.35 bits per heavy atom. The number of aromatic nitrogens is 4. The number of ether oxygens (including phenoxy) is 1. The zero-order chi connectivity index (χ0) is 11.5. The first-order chi connectivity index (χ1) is 8.43. The molecule has 0 saturated carbocycles. The fourth-order valence-electron chi connectivity index (χ4n) is 2.02. The molecule has 0 spiro atoms. The third kappa shape index (κ3) is 2.17. The smallest absolute Gasteiger partial charge is 0.188 e. The number of nitrogens with zero attached hydrogens (tertiary/aromatic N) is 3. The molecule has 0 fully saturated rings. The molecule has 3 rings (SSSR count). The van der Waals surface area contributed by atoms with Crippen molar-refractivity contribution in [3.63, 3.8) is 0 Å². The summed E-state index contributed by atoms with van der Waals surface area (Å²) in [5.74, 6) is 0.660. The third-order valence-electron chi connectivity index (χ3n) is 2.87. The molecule has 1 aliphatic heterocycles. The standard InChI is InChI=1S/C11H13N5O/c1-2-4-9-8(3-1)6-17-7-10(9)12-5-11-13-15-16-14-11/h1-4,10,12H,5-7H2,(H,13,14,15,16). The van der Waals surface area contributed by atoms with Crippen molar-refractivity contribution in [2.75, 3.05) is 6.61 Å². The van der Waals surface area contributed by atoms with Crippen molar-refractivity contribution in [1.82, 2.24) is 25.9 Å². The SMILES string of the molecule is c1ccc2c(c1)COCC2NCc1nn[nH]n1. The van der Waals surface area contributed by atoms with Crippen molar-refractivity contribution in [2.45, 2.75) is 19.2 Å². The first kappa shape index (κ1) is 10.4. The molecular formula is C11H13N5O. The van der Waals surface area contributed by atoms with Gasteiger partial charge in [0.1, 0.15) is 0 Å². The molecule has 0 amide bonds. The summed E-state index contributed by atoms with van der Waals surface area (Å²) >= 11 is 0. The van der Waals surface area contributed by atoms with Gasteiger partial charge in [-0.05, 0) is 11.1 Å². The van der Waals surface area contributed by atoms with Crippen molar-refractivity contribution in [3.05, 3.63) is 41.2 Å². The molecule has 0 bridgehead atoms. The number of nitrogens with one attached hydrogen (secondary N) is 2. The highest BCUT2D eigenvalue weighted by Gasteiger charge is 2.19. The summed E-state index contributed by atoms with van der Waals surface area (Å²) in [7, 11) is 0. The Hall–Kier alpha value is -1.79. The van der Waals surface area contributed by atoms with E-state index in [2.05, 4.69) is 38.1 Å². The Labute approximate surface area is 98.4 Å². The predicted octanol–water partition coefficient (Wildman–Crippen LogP) is 0.561. The number of rotatable bonds is 3. The number of benzene rings is 1. The van der Waals surface area contributed by atoms with Gasteiger partial charge in [-0.3, -0.25) is 0 Å². The maximum atomic E-state index is 5.55. The maximum absolute atomic E-state index is 5.55. The highest BCUT2D eigenvalue weighted by Crippen LogP contribution is 2.24. The van der Waals surface area contributed by atoms with Crippen molar-refractivity contribution in [2.24, 2.45) is 0 Å². The monoisotopic (exact) mass is 231 g/mol. The number of fused-ring (bicyclic) bond motifs is 1. The Kier molecular flexibility index (Phi) is 2.81. The summed E-state index contributed by atoms with van der Waals surface area (Å²) in [5, 5.41) is 17.1. The number of tetrazole rings is 1. The zero-order valence-corrected chi connectivity index (χ0v) is 9.26. The van der Waals surface area contributed by atoms with Crippen LogP contribution in [0.3, 0.4) is 0 Å². The molecule has 1 aromatic carbocycles. The minimum atomic E-state index is 0.193. The van der Waals surface area contributed by atoms with Crippen molar-refractivity contribution in [3.8, 4) is 0 Å². The average molecular weight is 231 g/mol. The van der Waals surface area contributed by atoms with Gasteiger partial charge in [0.15, 0.2) is 5.82 Å². The first-order valence-electron chi connectivity index (χ1n) is 5.55. The fourth-order valence-corrected chi connectivity index (χ4v) is 2.02. The van der Waals surface area contributed by atoms with Crippen LogP contribution in [0.4, 0.5) is 0 Å². The van der Waals surface area contributed by atoms with E-state index < -0.39 is 0 Å². The first-order valence-corrected chi connectivity index (χ1v) is 5.55. The zero-order valence-electron chi connectivity index (χ0n) is 9.26. The normalized spacial score (nSPS) is 18.9. The van der Waals surface area contributed by atoms with Crippen LogP contribution in [0.15, 0.2) is 24.3 Å². The molecule has 88 valence electrons. The van der Waals surface area contributed by atoms with Crippen LogP contribution < -0.4 is 5.32 Å². The van der Waals surface area contributed by atoms with Gasteiger partial charge in [-0.1, -0.05) is 29.5 Å². The number of H-pyrrole nitrogens is 1. The quantitative estimate of drug-likeness (QED) is 0.807. The summed E-state index contributed by atoms with van der Waals surface area (Å²) in [6.45, 7) is 1.95. The van der Waals surface area contributed by atoms with E-state index in [-0.39, 0.29) is 6.04 Å². The van der Waals surface area contributed by atoms with Crippen LogP contribution in [0.5, 0.6) is 0 Å². The summed E-state index contributed by atoms with van der Waals surface area (Å²) in [6, 6.07) is 8.50. The average Bonchev–Trinajstić information content (AvgIpc) is 2.89. The number of hydrogen-bond donors (Lipinski definition) is 2. The molecular weight excluding hydrogens is 218 g/mol.